The van der Waals surface area contributed by atoms with E-state index in [0.29, 0.717) is 0 Å². The number of hydrogen-bond donors (Lipinski definition) is 1. The third kappa shape index (κ3) is 6.53. The summed E-state index contributed by atoms with van der Waals surface area (Å²) in [6.45, 7) is 4.74. The summed E-state index contributed by atoms with van der Waals surface area (Å²) in [7, 11) is -3.52. The van der Waals surface area contributed by atoms with Gasteiger partial charge in [0, 0.05) is 6.42 Å². The molecule has 0 saturated carbocycles. The summed E-state index contributed by atoms with van der Waals surface area (Å²) in [5.74, 6) is -0.100. The molecule has 0 rings (SSSR count). The number of Topliss-reactive ketones (excluding diaryl/α,β-unsaturated/α-hetero) is 1. The van der Waals surface area contributed by atoms with Gasteiger partial charge in [-0.1, -0.05) is 0 Å². The Morgan fingerprint density at radius 3 is 2.42 bits per heavy atom. The fraction of sp³-hybridized carbons (Fsp3) is 0.857. The molecular weight excluding hydrogens is 179 g/mol. The second kappa shape index (κ2) is 4.75. The summed E-state index contributed by atoms with van der Waals surface area (Å²) in [6.07, 6.45) is -0.270. The van der Waals surface area contributed by atoms with Gasteiger partial charge in [-0.15, -0.1) is 0 Å². The Morgan fingerprint density at radius 2 is 2.08 bits per heavy atom. The molecule has 1 N–H and O–H groups in total. The molecule has 0 aliphatic heterocycles. The Labute approximate surface area is 72.5 Å². The van der Waals surface area contributed by atoms with Crippen LogP contribution in [0.2, 0.25) is 0 Å². The molecule has 0 saturated heterocycles. The normalized spacial score (nSPS) is 16.1. The number of ketones is 1. The summed E-state index contributed by atoms with van der Waals surface area (Å²) in [4.78, 5) is 19.6. The average Bonchev–Trinajstić information content (AvgIpc) is 1.81. The van der Waals surface area contributed by atoms with Crippen molar-refractivity contribution in [3.63, 3.8) is 0 Å². The molecule has 0 bridgehead atoms. The lowest BCUT2D eigenvalue weighted by Gasteiger charge is -2.13. The molecule has 5 heteroatoms. The summed E-state index contributed by atoms with van der Waals surface area (Å²) in [5.41, 5.74) is 0. The lowest BCUT2D eigenvalue weighted by atomic mass is 10.4. The fourth-order valence-electron chi connectivity index (χ4n) is 0.681. The highest BCUT2D eigenvalue weighted by Crippen LogP contribution is 2.43. The van der Waals surface area contributed by atoms with Crippen molar-refractivity contribution in [2.45, 2.75) is 33.3 Å². The van der Waals surface area contributed by atoms with E-state index in [0.717, 1.165) is 0 Å². The van der Waals surface area contributed by atoms with Crippen LogP contribution in [-0.2, 0) is 13.9 Å². The molecule has 0 radical (unpaired) electrons. The number of rotatable bonds is 5. The van der Waals surface area contributed by atoms with E-state index in [1.165, 1.54) is 6.92 Å². The second-order valence-corrected chi connectivity index (χ2v) is 4.90. The molecule has 72 valence electrons. The van der Waals surface area contributed by atoms with E-state index < -0.39 is 7.60 Å². The van der Waals surface area contributed by atoms with Gasteiger partial charge in [-0.2, -0.15) is 0 Å². The van der Waals surface area contributed by atoms with Crippen molar-refractivity contribution in [2.75, 3.05) is 6.16 Å². The van der Waals surface area contributed by atoms with Gasteiger partial charge in [0.25, 0.3) is 0 Å². The van der Waals surface area contributed by atoms with E-state index in [1.54, 1.807) is 13.8 Å². The van der Waals surface area contributed by atoms with Gasteiger partial charge >= 0.3 is 7.60 Å². The Bertz CT molecular complexity index is 200. The van der Waals surface area contributed by atoms with Gasteiger partial charge in [-0.3, -0.25) is 4.57 Å². The summed E-state index contributed by atoms with van der Waals surface area (Å²) >= 11 is 0. The van der Waals surface area contributed by atoms with Gasteiger partial charge in [0.15, 0.2) is 0 Å². The van der Waals surface area contributed by atoms with Crippen LogP contribution in [0.3, 0.4) is 0 Å². The van der Waals surface area contributed by atoms with Crippen LogP contribution in [0, 0.1) is 0 Å². The van der Waals surface area contributed by atoms with Crippen molar-refractivity contribution in [2.24, 2.45) is 0 Å². The minimum Gasteiger partial charge on any atom is -0.324 e. The monoisotopic (exact) mass is 194 g/mol. The van der Waals surface area contributed by atoms with Gasteiger partial charge in [0.1, 0.15) is 5.78 Å². The highest BCUT2D eigenvalue weighted by atomic mass is 31.2. The molecule has 4 nitrogen and oxygen atoms in total. The van der Waals surface area contributed by atoms with E-state index in [2.05, 4.69) is 0 Å². The van der Waals surface area contributed by atoms with Gasteiger partial charge < -0.3 is 14.2 Å². The number of carbonyl (C=O) groups is 1. The largest absolute Gasteiger partial charge is 0.328 e. The summed E-state index contributed by atoms with van der Waals surface area (Å²) in [5, 5.41) is 0. The van der Waals surface area contributed by atoms with Crippen LogP contribution in [0.25, 0.3) is 0 Å². The Kier molecular flexibility index (Phi) is 4.68. The Balaban J connectivity index is 3.88. The average molecular weight is 194 g/mol. The molecule has 0 aromatic heterocycles. The van der Waals surface area contributed by atoms with Crippen LogP contribution >= 0.6 is 7.60 Å². The highest BCUT2D eigenvalue weighted by molar-refractivity contribution is 7.52. The zero-order valence-corrected chi connectivity index (χ0v) is 8.51. The van der Waals surface area contributed by atoms with Gasteiger partial charge in [-0.05, 0) is 20.8 Å². The molecule has 0 spiro atoms. The first-order valence-corrected chi connectivity index (χ1v) is 5.59. The lowest BCUT2D eigenvalue weighted by molar-refractivity contribution is -0.116. The Hall–Kier alpha value is -0.180. The molecule has 12 heavy (non-hydrogen) atoms. The first-order valence-electron chi connectivity index (χ1n) is 3.83. The summed E-state index contributed by atoms with van der Waals surface area (Å²) in [6, 6.07) is 0. The van der Waals surface area contributed by atoms with E-state index in [4.69, 9.17) is 9.42 Å². The van der Waals surface area contributed by atoms with Crippen molar-refractivity contribution in [1.82, 2.24) is 0 Å². The molecule has 0 aromatic rings. The quantitative estimate of drug-likeness (QED) is 0.675. The standard InChI is InChI=1S/C7H15O4P/c1-6(2)11-12(9,10)5-4-7(3)8/h6H,4-5H2,1-3H3,(H,9,10). The smallest absolute Gasteiger partial charge is 0.324 e. The van der Waals surface area contributed by atoms with Crippen LogP contribution in [0.5, 0.6) is 0 Å². The van der Waals surface area contributed by atoms with Gasteiger partial charge in [0.2, 0.25) is 0 Å². The van der Waals surface area contributed by atoms with Crippen LogP contribution < -0.4 is 0 Å². The fourth-order valence-corrected chi connectivity index (χ4v) is 2.04. The predicted octanol–water partition coefficient (Wildman–Crippen LogP) is 1.58. The third-order valence-electron chi connectivity index (χ3n) is 1.12. The SMILES string of the molecule is CC(=O)CCP(=O)(O)OC(C)C. The molecule has 0 amide bonds. The maximum absolute atomic E-state index is 11.1. The molecule has 0 aliphatic carbocycles. The number of hydrogen-bond acceptors (Lipinski definition) is 3. The second-order valence-electron chi connectivity index (χ2n) is 2.97. The van der Waals surface area contributed by atoms with Crippen molar-refractivity contribution >= 4 is 13.4 Å². The minimum absolute atomic E-state index is 0.0828. The van der Waals surface area contributed by atoms with Crippen molar-refractivity contribution in [1.29, 1.82) is 0 Å². The van der Waals surface area contributed by atoms with E-state index >= 15 is 0 Å². The zero-order valence-electron chi connectivity index (χ0n) is 7.61. The van der Waals surface area contributed by atoms with E-state index in [9.17, 15) is 9.36 Å². The van der Waals surface area contributed by atoms with E-state index in [-0.39, 0.29) is 24.5 Å². The Morgan fingerprint density at radius 1 is 1.58 bits per heavy atom. The zero-order chi connectivity index (χ0) is 9.78. The first-order chi connectivity index (χ1) is 5.33. The molecule has 0 aliphatic rings. The topological polar surface area (TPSA) is 63.6 Å². The highest BCUT2D eigenvalue weighted by Gasteiger charge is 2.20. The minimum atomic E-state index is -3.52. The van der Waals surface area contributed by atoms with Crippen molar-refractivity contribution in [3.8, 4) is 0 Å². The molecule has 0 fully saturated rings. The maximum Gasteiger partial charge on any atom is 0.328 e. The molecule has 1 atom stereocenters. The lowest BCUT2D eigenvalue weighted by Crippen LogP contribution is -2.04. The van der Waals surface area contributed by atoms with Gasteiger partial charge in [-0.25, -0.2) is 0 Å². The summed E-state index contributed by atoms with van der Waals surface area (Å²) < 4.78 is 15.9. The predicted molar refractivity (Wildman–Crippen MR) is 46.2 cm³/mol. The molecule has 0 aromatic carbocycles. The molecular formula is C7H15O4P. The van der Waals surface area contributed by atoms with Gasteiger partial charge in [0.05, 0.1) is 12.3 Å². The molecule has 1 unspecified atom stereocenters. The van der Waals surface area contributed by atoms with Crippen molar-refractivity contribution in [3.05, 3.63) is 0 Å². The maximum atomic E-state index is 11.1. The van der Waals surface area contributed by atoms with Crippen molar-refractivity contribution < 1.29 is 18.8 Å². The third-order valence-corrected chi connectivity index (χ3v) is 2.66. The molecule has 0 heterocycles. The number of carbonyl (C=O) groups excluding carboxylic acids is 1. The van der Waals surface area contributed by atoms with Crippen LogP contribution in [-0.4, -0.2) is 22.9 Å². The van der Waals surface area contributed by atoms with Crippen LogP contribution in [0.1, 0.15) is 27.2 Å². The first kappa shape index (κ1) is 11.8. The van der Waals surface area contributed by atoms with E-state index in [1.807, 2.05) is 0 Å². The van der Waals surface area contributed by atoms with Crippen LogP contribution in [0.4, 0.5) is 0 Å². The van der Waals surface area contributed by atoms with Crippen LogP contribution in [0.15, 0.2) is 0 Å².